The minimum absolute atomic E-state index is 0.708. The third kappa shape index (κ3) is 1.63. The van der Waals surface area contributed by atoms with Crippen LogP contribution in [0.2, 0.25) is 0 Å². The smallest absolute Gasteiger partial charge is 0.0739 e. The second kappa shape index (κ2) is 3.66. The van der Waals surface area contributed by atoms with Crippen LogP contribution >= 0.6 is 0 Å². The first-order valence-electron chi connectivity index (χ1n) is 5.44. The Balaban J connectivity index is 1.96. The van der Waals surface area contributed by atoms with Crippen molar-refractivity contribution in [1.82, 2.24) is 4.98 Å². The first kappa shape index (κ1) is 8.92. The highest BCUT2D eigenvalue weighted by atomic mass is 16.5. The number of rotatable bonds is 1. The maximum Gasteiger partial charge on any atom is 0.0739 e. The van der Waals surface area contributed by atoms with E-state index in [1.54, 1.807) is 0 Å². The average Bonchev–Trinajstić information content (AvgIpc) is 2.82. The summed E-state index contributed by atoms with van der Waals surface area (Å²) in [6.45, 7) is 2.51. The van der Waals surface area contributed by atoms with E-state index in [9.17, 15) is 0 Å². The Morgan fingerprint density at radius 1 is 1.33 bits per heavy atom. The third-order valence-corrected chi connectivity index (χ3v) is 2.91. The summed E-state index contributed by atoms with van der Waals surface area (Å²) in [4.78, 5) is 4.68. The van der Waals surface area contributed by atoms with Crippen molar-refractivity contribution in [2.75, 3.05) is 25.1 Å². The summed E-state index contributed by atoms with van der Waals surface area (Å²) in [6, 6.07) is 4.22. The summed E-state index contributed by atoms with van der Waals surface area (Å²) in [5.74, 6) is 0. The molecule has 1 aromatic heterocycles. The summed E-state index contributed by atoms with van der Waals surface area (Å²) in [5.41, 5.74) is 4.70. The van der Waals surface area contributed by atoms with Crippen molar-refractivity contribution in [1.29, 1.82) is 0 Å². The Morgan fingerprint density at radius 3 is 3.20 bits per heavy atom. The lowest BCUT2D eigenvalue weighted by Gasteiger charge is -2.17. The zero-order chi connectivity index (χ0) is 10.1. The summed E-state index contributed by atoms with van der Waals surface area (Å²) >= 11 is 0. The van der Waals surface area contributed by atoms with Crippen molar-refractivity contribution in [3.63, 3.8) is 0 Å². The van der Waals surface area contributed by atoms with Crippen LogP contribution in [0, 0.1) is 0 Å². The van der Waals surface area contributed by atoms with Gasteiger partial charge in [0.15, 0.2) is 0 Å². The van der Waals surface area contributed by atoms with Gasteiger partial charge in [-0.05, 0) is 25.0 Å². The normalized spacial score (nSPS) is 19.3. The molecule has 2 aliphatic heterocycles. The summed E-state index contributed by atoms with van der Waals surface area (Å²) < 4.78 is 5.31. The molecule has 2 aliphatic rings. The van der Waals surface area contributed by atoms with E-state index in [1.807, 2.05) is 0 Å². The molecule has 0 unspecified atom stereocenters. The van der Waals surface area contributed by atoms with Gasteiger partial charge in [0.05, 0.1) is 30.3 Å². The highest BCUT2D eigenvalue weighted by molar-refractivity contribution is 5.67. The number of pyridine rings is 1. The zero-order valence-electron chi connectivity index (χ0n) is 8.62. The molecule has 3 nitrogen and oxygen atoms in total. The van der Waals surface area contributed by atoms with Crippen LogP contribution in [0.1, 0.15) is 17.8 Å². The maximum absolute atomic E-state index is 5.31. The van der Waals surface area contributed by atoms with E-state index in [2.05, 4.69) is 28.5 Å². The second-order valence-corrected chi connectivity index (χ2v) is 3.97. The number of aryl methyl sites for hydroxylation is 1. The Hall–Kier alpha value is -1.35. The molecule has 0 aliphatic carbocycles. The van der Waals surface area contributed by atoms with E-state index in [0.29, 0.717) is 6.61 Å². The van der Waals surface area contributed by atoms with E-state index < -0.39 is 0 Å². The number of hydrogen-bond acceptors (Lipinski definition) is 3. The number of aromatic nitrogens is 1. The van der Waals surface area contributed by atoms with Gasteiger partial charge in [-0.25, -0.2) is 0 Å². The lowest BCUT2D eigenvalue weighted by molar-refractivity contribution is 0.216. The van der Waals surface area contributed by atoms with Crippen LogP contribution in [0.25, 0.3) is 5.57 Å². The average molecular weight is 202 g/mol. The van der Waals surface area contributed by atoms with Gasteiger partial charge in [0.1, 0.15) is 0 Å². The molecule has 0 fully saturated rings. The molecule has 0 spiro atoms. The third-order valence-electron chi connectivity index (χ3n) is 2.91. The van der Waals surface area contributed by atoms with Gasteiger partial charge in [-0.1, -0.05) is 6.08 Å². The number of ether oxygens (including phenoxy) is 1. The quantitative estimate of drug-likeness (QED) is 0.754. The molecule has 1 aromatic rings. The van der Waals surface area contributed by atoms with Gasteiger partial charge in [-0.15, -0.1) is 0 Å². The van der Waals surface area contributed by atoms with Crippen molar-refractivity contribution in [3.05, 3.63) is 29.6 Å². The van der Waals surface area contributed by atoms with Crippen molar-refractivity contribution in [3.8, 4) is 0 Å². The number of anilines is 1. The number of fused-ring (bicyclic) bond motifs is 1. The highest BCUT2D eigenvalue weighted by Crippen LogP contribution is 2.24. The van der Waals surface area contributed by atoms with Crippen molar-refractivity contribution in [2.45, 2.75) is 12.8 Å². The molecule has 3 rings (SSSR count). The first-order valence-corrected chi connectivity index (χ1v) is 5.44. The van der Waals surface area contributed by atoms with Crippen LogP contribution in [0.15, 0.2) is 18.2 Å². The summed E-state index contributed by atoms with van der Waals surface area (Å²) in [7, 11) is 0. The molecular formula is C12H14N2O. The molecule has 78 valence electrons. The number of hydrogen-bond donors (Lipinski definition) is 1. The minimum Gasteiger partial charge on any atom is -0.384 e. The van der Waals surface area contributed by atoms with E-state index >= 15 is 0 Å². The van der Waals surface area contributed by atoms with Crippen LogP contribution in [0.4, 0.5) is 5.69 Å². The molecule has 0 aromatic carbocycles. The molecular weight excluding hydrogens is 188 g/mol. The lowest BCUT2D eigenvalue weighted by atomic mass is 10.1. The van der Waals surface area contributed by atoms with Gasteiger partial charge in [0, 0.05) is 12.1 Å². The van der Waals surface area contributed by atoms with Gasteiger partial charge in [-0.3, -0.25) is 4.98 Å². The van der Waals surface area contributed by atoms with Gasteiger partial charge in [-0.2, -0.15) is 0 Å². The van der Waals surface area contributed by atoms with Crippen LogP contribution in [-0.4, -0.2) is 24.7 Å². The van der Waals surface area contributed by atoms with Crippen LogP contribution < -0.4 is 5.32 Å². The molecule has 0 saturated heterocycles. The van der Waals surface area contributed by atoms with Crippen molar-refractivity contribution < 1.29 is 4.74 Å². The molecule has 0 bridgehead atoms. The topological polar surface area (TPSA) is 34.2 Å². The van der Waals surface area contributed by atoms with Gasteiger partial charge >= 0.3 is 0 Å². The minimum atomic E-state index is 0.708. The lowest BCUT2D eigenvalue weighted by Crippen LogP contribution is -2.13. The molecule has 1 N–H and O–H groups in total. The molecule has 0 amide bonds. The predicted octanol–water partition coefficient (Wildman–Crippen LogP) is 1.85. The molecule has 0 atom stereocenters. The number of nitrogens with zero attached hydrogens (tertiary/aromatic N) is 1. The van der Waals surface area contributed by atoms with Crippen molar-refractivity contribution >= 4 is 11.3 Å². The number of nitrogens with one attached hydrogen (secondary N) is 1. The molecule has 3 heteroatoms. The Kier molecular flexibility index (Phi) is 2.18. The first-order chi connectivity index (χ1) is 7.43. The fourth-order valence-electron chi connectivity index (χ4n) is 2.08. The highest BCUT2D eigenvalue weighted by Gasteiger charge is 2.13. The van der Waals surface area contributed by atoms with E-state index in [0.717, 1.165) is 25.3 Å². The summed E-state index contributed by atoms with van der Waals surface area (Å²) in [5, 5.41) is 3.37. The van der Waals surface area contributed by atoms with Crippen LogP contribution in [0.3, 0.4) is 0 Å². The monoisotopic (exact) mass is 202 g/mol. The Bertz CT molecular complexity index is 412. The zero-order valence-corrected chi connectivity index (χ0v) is 8.62. The van der Waals surface area contributed by atoms with E-state index in [-0.39, 0.29) is 0 Å². The molecule has 0 saturated carbocycles. The predicted molar refractivity (Wildman–Crippen MR) is 59.8 cm³/mol. The summed E-state index contributed by atoms with van der Waals surface area (Å²) in [6.07, 6.45) is 4.38. The van der Waals surface area contributed by atoms with Crippen molar-refractivity contribution in [2.24, 2.45) is 0 Å². The maximum atomic E-state index is 5.31. The Labute approximate surface area is 89.2 Å². The molecule has 0 radical (unpaired) electrons. The molecule has 15 heavy (non-hydrogen) atoms. The van der Waals surface area contributed by atoms with E-state index in [1.165, 1.54) is 23.4 Å². The second-order valence-electron chi connectivity index (χ2n) is 3.97. The van der Waals surface area contributed by atoms with E-state index in [4.69, 9.17) is 4.74 Å². The Morgan fingerprint density at radius 2 is 2.33 bits per heavy atom. The fourth-order valence-corrected chi connectivity index (χ4v) is 2.08. The van der Waals surface area contributed by atoms with Gasteiger partial charge in [0.2, 0.25) is 0 Å². The standard InChI is InChI=1S/C12H14N2O/c1-2-12-11(13-6-1)4-3-10(14-12)9-5-7-15-8-9/h3-5,13H,1-2,6-8H2. The van der Waals surface area contributed by atoms with Gasteiger partial charge in [0.25, 0.3) is 0 Å². The van der Waals surface area contributed by atoms with Crippen LogP contribution in [-0.2, 0) is 11.2 Å². The van der Waals surface area contributed by atoms with Crippen LogP contribution in [0.5, 0.6) is 0 Å². The fraction of sp³-hybridized carbons (Fsp3) is 0.417. The molecule has 3 heterocycles. The van der Waals surface area contributed by atoms with Gasteiger partial charge < -0.3 is 10.1 Å². The largest absolute Gasteiger partial charge is 0.384 e. The SMILES string of the molecule is C1=C(c2ccc3c(n2)CCCN3)COC1.